The third-order valence-corrected chi connectivity index (χ3v) is 4.03. The van der Waals surface area contributed by atoms with Crippen molar-refractivity contribution in [3.63, 3.8) is 0 Å². The fourth-order valence-corrected chi connectivity index (χ4v) is 2.50. The molecule has 2 rings (SSSR count). The third kappa shape index (κ3) is 6.08. The average Bonchev–Trinajstić information content (AvgIpc) is 2.70. The number of nitrogens with one attached hydrogen (secondary N) is 1. The van der Waals surface area contributed by atoms with Crippen LogP contribution in [0, 0.1) is 12.3 Å². The normalized spacial score (nSPS) is 12.4. The Hall–Kier alpha value is -2.88. The number of hydrogen-bond acceptors (Lipinski definition) is 5. The van der Waals surface area contributed by atoms with Gasteiger partial charge in [-0.2, -0.15) is 0 Å². The number of benzene rings is 2. The average molecular weight is 404 g/mol. The highest BCUT2D eigenvalue weighted by Crippen LogP contribution is 2.31. The Morgan fingerprint density at radius 2 is 1.96 bits per heavy atom. The quantitative estimate of drug-likeness (QED) is 0.629. The van der Waals surface area contributed by atoms with Crippen LogP contribution in [-0.4, -0.2) is 37.4 Å². The predicted molar refractivity (Wildman–Crippen MR) is 107 cm³/mol. The summed E-state index contributed by atoms with van der Waals surface area (Å²) in [5.41, 5.74) is 0.461. The lowest BCUT2D eigenvalue weighted by molar-refractivity contribution is -0.129. The summed E-state index contributed by atoms with van der Waals surface area (Å²) in [5, 5.41) is 13.3. The van der Waals surface area contributed by atoms with Crippen LogP contribution in [0.3, 0.4) is 0 Å². The van der Waals surface area contributed by atoms with Gasteiger partial charge in [0.05, 0.1) is 13.7 Å². The molecule has 2 aromatic rings. The lowest BCUT2D eigenvalue weighted by atomic mass is 10.1. The van der Waals surface area contributed by atoms with Gasteiger partial charge in [0.1, 0.15) is 18.5 Å². The first kappa shape index (κ1) is 21.4. The number of aliphatic hydroxyl groups is 1. The highest BCUT2D eigenvalue weighted by atomic mass is 35.5. The summed E-state index contributed by atoms with van der Waals surface area (Å²) in [7, 11) is 1.52. The Labute approximate surface area is 169 Å². The van der Waals surface area contributed by atoms with Crippen molar-refractivity contribution in [1.82, 2.24) is 5.32 Å². The Bertz CT molecular complexity index is 832. The summed E-state index contributed by atoms with van der Waals surface area (Å²) in [6.45, 7) is 2.14. The number of hydrogen-bond donors (Lipinski definition) is 2. The fourth-order valence-electron chi connectivity index (χ4n) is 2.37. The van der Waals surface area contributed by atoms with E-state index < -0.39 is 12.0 Å². The highest BCUT2D eigenvalue weighted by Gasteiger charge is 2.18. The first-order valence-corrected chi connectivity index (χ1v) is 8.94. The summed E-state index contributed by atoms with van der Waals surface area (Å²) < 4.78 is 16.4. The minimum atomic E-state index is -1.28. The Balaban J connectivity index is 1.89. The second kappa shape index (κ2) is 10.5. The first-order chi connectivity index (χ1) is 13.4. The van der Waals surface area contributed by atoms with Crippen LogP contribution in [0.4, 0.5) is 0 Å². The van der Waals surface area contributed by atoms with Crippen LogP contribution in [0.1, 0.15) is 18.6 Å². The molecule has 7 heteroatoms. The smallest absolute Gasteiger partial charge is 0.253 e. The zero-order chi connectivity index (χ0) is 20.5. The van der Waals surface area contributed by atoms with E-state index in [0.717, 1.165) is 0 Å². The van der Waals surface area contributed by atoms with E-state index in [1.807, 2.05) is 0 Å². The van der Waals surface area contributed by atoms with E-state index in [-0.39, 0.29) is 19.3 Å². The van der Waals surface area contributed by atoms with Crippen LogP contribution in [0.5, 0.6) is 17.2 Å². The number of rotatable bonds is 9. The minimum absolute atomic E-state index is 0.134. The second-order valence-corrected chi connectivity index (χ2v) is 6.37. The number of carbonyl (C=O) groups excluding carboxylic acids is 1. The molecule has 6 nitrogen and oxygen atoms in total. The van der Waals surface area contributed by atoms with Gasteiger partial charge in [0.15, 0.2) is 17.6 Å². The molecule has 28 heavy (non-hydrogen) atoms. The SMILES string of the molecule is C#CCOc1ccc(O[C@@H](C)CNC(=O)C(O)c2ccc(Cl)cc2)cc1OC. The predicted octanol–water partition coefficient (Wildman–Crippen LogP) is 2.98. The molecule has 0 spiro atoms. The van der Waals surface area contributed by atoms with E-state index in [9.17, 15) is 9.90 Å². The van der Waals surface area contributed by atoms with Gasteiger partial charge in [0, 0.05) is 11.1 Å². The molecule has 0 aliphatic heterocycles. The molecule has 0 aliphatic carbocycles. The molecule has 0 radical (unpaired) electrons. The molecule has 0 bridgehead atoms. The monoisotopic (exact) mass is 403 g/mol. The molecular formula is C21H22ClNO5. The second-order valence-electron chi connectivity index (χ2n) is 5.93. The van der Waals surface area contributed by atoms with E-state index in [1.165, 1.54) is 7.11 Å². The van der Waals surface area contributed by atoms with E-state index in [1.54, 1.807) is 49.4 Å². The van der Waals surface area contributed by atoms with Crippen molar-refractivity contribution in [1.29, 1.82) is 0 Å². The summed E-state index contributed by atoms with van der Waals surface area (Å²) in [5.74, 6) is 3.42. The zero-order valence-electron chi connectivity index (χ0n) is 15.6. The number of methoxy groups -OCH3 is 1. The highest BCUT2D eigenvalue weighted by molar-refractivity contribution is 6.30. The first-order valence-electron chi connectivity index (χ1n) is 8.56. The van der Waals surface area contributed by atoms with Gasteiger partial charge >= 0.3 is 0 Å². The van der Waals surface area contributed by atoms with E-state index in [4.69, 9.17) is 32.2 Å². The Morgan fingerprint density at radius 3 is 2.61 bits per heavy atom. The molecule has 0 saturated heterocycles. The lowest BCUT2D eigenvalue weighted by Gasteiger charge is -2.18. The topological polar surface area (TPSA) is 77.0 Å². The minimum Gasteiger partial charge on any atom is -0.493 e. The molecule has 1 unspecified atom stereocenters. The number of ether oxygens (including phenoxy) is 3. The molecule has 2 atom stereocenters. The van der Waals surface area contributed by atoms with Crippen molar-refractivity contribution >= 4 is 17.5 Å². The van der Waals surface area contributed by atoms with E-state index in [2.05, 4.69) is 11.2 Å². The van der Waals surface area contributed by atoms with Crippen molar-refractivity contribution in [3.8, 4) is 29.6 Å². The molecule has 0 heterocycles. The van der Waals surface area contributed by atoms with Crippen molar-refractivity contribution in [2.24, 2.45) is 0 Å². The standard InChI is InChI=1S/C21H22ClNO5/c1-4-11-27-18-10-9-17(12-19(18)26-3)28-14(2)13-23-21(25)20(24)15-5-7-16(22)8-6-15/h1,5-10,12,14,20,24H,11,13H2,2-3H3,(H,23,25)/t14-,20?/m0/s1. The molecule has 148 valence electrons. The van der Waals surface area contributed by atoms with E-state index >= 15 is 0 Å². The molecule has 0 aromatic heterocycles. The summed E-state index contributed by atoms with van der Waals surface area (Å²) in [6.07, 6.45) is 3.56. The lowest BCUT2D eigenvalue weighted by Crippen LogP contribution is -2.36. The van der Waals surface area contributed by atoms with Gasteiger partial charge in [-0.1, -0.05) is 29.7 Å². The maximum Gasteiger partial charge on any atom is 0.253 e. The van der Waals surface area contributed by atoms with Gasteiger partial charge in [-0.05, 0) is 36.8 Å². The summed E-state index contributed by atoms with van der Waals surface area (Å²) >= 11 is 5.81. The van der Waals surface area contributed by atoms with Crippen LogP contribution >= 0.6 is 11.6 Å². The van der Waals surface area contributed by atoms with E-state index in [0.29, 0.717) is 27.8 Å². The Morgan fingerprint density at radius 1 is 1.25 bits per heavy atom. The van der Waals surface area contributed by atoms with Crippen molar-refractivity contribution in [2.45, 2.75) is 19.1 Å². The van der Waals surface area contributed by atoms with Crippen LogP contribution < -0.4 is 19.5 Å². The van der Waals surface area contributed by atoms with Gasteiger partial charge in [-0.25, -0.2) is 0 Å². The van der Waals surface area contributed by atoms with Crippen molar-refractivity contribution in [2.75, 3.05) is 20.3 Å². The number of halogens is 1. The zero-order valence-corrected chi connectivity index (χ0v) is 16.4. The van der Waals surface area contributed by atoms with Crippen LogP contribution in [0.2, 0.25) is 5.02 Å². The van der Waals surface area contributed by atoms with Gasteiger partial charge in [-0.15, -0.1) is 6.42 Å². The molecule has 0 aliphatic rings. The molecule has 1 amide bonds. The van der Waals surface area contributed by atoms with Gasteiger partial charge in [-0.3, -0.25) is 4.79 Å². The van der Waals surface area contributed by atoms with Gasteiger partial charge in [0.25, 0.3) is 5.91 Å². The van der Waals surface area contributed by atoms with Crippen LogP contribution in [-0.2, 0) is 4.79 Å². The third-order valence-electron chi connectivity index (χ3n) is 3.78. The van der Waals surface area contributed by atoms with Crippen LogP contribution in [0.25, 0.3) is 0 Å². The molecule has 2 N–H and O–H groups in total. The molecule has 0 saturated carbocycles. The van der Waals surface area contributed by atoms with Crippen LogP contribution in [0.15, 0.2) is 42.5 Å². The van der Waals surface area contributed by atoms with Gasteiger partial charge in [0.2, 0.25) is 0 Å². The summed E-state index contributed by atoms with van der Waals surface area (Å²) in [4.78, 5) is 12.1. The van der Waals surface area contributed by atoms with Crippen molar-refractivity contribution in [3.05, 3.63) is 53.1 Å². The number of aliphatic hydroxyl groups excluding tert-OH is 1. The Kier molecular flexibility index (Phi) is 8.00. The van der Waals surface area contributed by atoms with Gasteiger partial charge < -0.3 is 24.6 Å². The maximum absolute atomic E-state index is 12.1. The molecular weight excluding hydrogens is 382 g/mol. The summed E-state index contributed by atoms with van der Waals surface area (Å²) in [6, 6.07) is 11.5. The molecule has 2 aromatic carbocycles. The number of carbonyl (C=O) groups is 1. The number of terminal acetylenes is 1. The number of amides is 1. The molecule has 0 fully saturated rings. The van der Waals surface area contributed by atoms with Crippen molar-refractivity contribution < 1.29 is 24.1 Å². The fraction of sp³-hybridized carbons (Fsp3) is 0.286. The maximum atomic E-state index is 12.1. The largest absolute Gasteiger partial charge is 0.493 e.